The maximum absolute atomic E-state index is 11.5. The maximum atomic E-state index is 11.5. The molecular formula is C11H21NO3. The van der Waals surface area contributed by atoms with Gasteiger partial charge in [-0.1, -0.05) is 0 Å². The molecule has 88 valence electrons. The normalized spacial score (nSPS) is 27.5. The van der Waals surface area contributed by atoms with Crippen LogP contribution < -0.4 is 5.73 Å². The number of esters is 1. The van der Waals surface area contributed by atoms with Crippen molar-refractivity contribution in [3.63, 3.8) is 0 Å². The van der Waals surface area contributed by atoms with E-state index in [0.29, 0.717) is 19.6 Å². The van der Waals surface area contributed by atoms with Crippen molar-refractivity contribution in [3.8, 4) is 0 Å². The highest BCUT2D eigenvalue weighted by molar-refractivity contribution is 5.70. The lowest BCUT2D eigenvalue weighted by atomic mass is 9.93. The first-order valence-corrected chi connectivity index (χ1v) is 5.43. The largest absolute Gasteiger partial charge is 0.460 e. The van der Waals surface area contributed by atoms with Gasteiger partial charge in [0.2, 0.25) is 0 Å². The summed E-state index contributed by atoms with van der Waals surface area (Å²) in [6, 6.07) is 0.0614. The van der Waals surface area contributed by atoms with Crippen LogP contribution in [0.1, 0.15) is 33.6 Å². The van der Waals surface area contributed by atoms with E-state index in [4.69, 9.17) is 15.2 Å². The summed E-state index contributed by atoms with van der Waals surface area (Å²) in [6.45, 7) is 6.86. The van der Waals surface area contributed by atoms with Crippen molar-refractivity contribution in [1.29, 1.82) is 0 Å². The lowest BCUT2D eigenvalue weighted by Gasteiger charge is -2.29. The molecule has 1 heterocycles. The molecule has 0 unspecified atom stereocenters. The third-order valence-electron chi connectivity index (χ3n) is 2.38. The molecule has 1 saturated heterocycles. The highest BCUT2D eigenvalue weighted by atomic mass is 16.6. The molecule has 0 spiro atoms. The van der Waals surface area contributed by atoms with Gasteiger partial charge in [0.1, 0.15) is 5.60 Å². The number of nitrogens with two attached hydrogens (primary N) is 1. The van der Waals surface area contributed by atoms with E-state index in [-0.39, 0.29) is 17.9 Å². The lowest BCUT2D eigenvalue weighted by molar-refractivity contribution is -0.157. The van der Waals surface area contributed by atoms with Crippen LogP contribution in [0, 0.1) is 5.92 Å². The van der Waals surface area contributed by atoms with E-state index in [1.807, 2.05) is 20.8 Å². The van der Waals surface area contributed by atoms with Crippen LogP contribution >= 0.6 is 0 Å². The van der Waals surface area contributed by atoms with Crippen LogP contribution in [0.15, 0.2) is 0 Å². The Morgan fingerprint density at radius 1 is 1.53 bits per heavy atom. The topological polar surface area (TPSA) is 61.5 Å². The summed E-state index contributed by atoms with van der Waals surface area (Å²) in [6.07, 6.45) is 1.19. The molecule has 2 N–H and O–H groups in total. The molecule has 4 nitrogen and oxygen atoms in total. The number of carbonyl (C=O) groups is 1. The molecule has 0 radical (unpaired) electrons. The molecular weight excluding hydrogens is 194 g/mol. The lowest BCUT2D eigenvalue weighted by Crippen LogP contribution is -2.40. The molecule has 1 rings (SSSR count). The van der Waals surface area contributed by atoms with Gasteiger partial charge in [-0.3, -0.25) is 4.79 Å². The fraction of sp³-hybridized carbons (Fsp3) is 0.909. The third kappa shape index (κ3) is 4.62. The molecule has 0 aromatic carbocycles. The Morgan fingerprint density at radius 2 is 2.20 bits per heavy atom. The Bertz CT molecular complexity index is 222. The summed E-state index contributed by atoms with van der Waals surface area (Å²) in [5, 5.41) is 0. The molecule has 0 aromatic rings. The van der Waals surface area contributed by atoms with E-state index in [2.05, 4.69) is 0 Å². The van der Waals surface area contributed by atoms with E-state index in [9.17, 15) is 4.79 Å². The first kappa shape index (κ1) is 12.5. The number of ether oxygens (including phenoxy) is 2. The second kappa shape index (κ2) is 4.94. The van der Waals surface area contributed by atoms with Crippen molar-refractivity contribution in [3.05, 3.63) is 0 Å². The SMILES string of the molecule is CC(C)(C)OC(=O)C[C@H]1COCC[C@@H]1N. The Labute approximate surface area is 91.1 Å². The van der Waals surface area contributed by atoms with Crippen LogP contribution in [0.4, 0.5) is 0 Å². The molecule has 4 heteroatoms. The molecule has 1 aliphatic rings. The van der Waals surface area contributed by atoms with Gasteiger partial charge >= 0.3 is 5.97 Å². The Kier molecular flexibility index (Phi) is 4.11. The number of hydrogen-bond donors (Lipinski definition) is 1. The minimum absolute atomic E-state index is 0.0614. The smallest absolute Gasteiger partial charge is 0.306 e. The summed E-state index contributed by atoms with van der Waals surface area (Å²) >= 11 is 0. The zero-order chi connectivity index (χ0) is 11.5. The van der Waals surface area contributed by atoms with Gasteiger partial charge in [-0.2, -0.15) is 0 Å². The van der Waals surface area contributed by atoms with Gasteiger partial charge in [-0.25, -0.2) is 0 Å². The van der Waals surface area contributed by atoms with Crippen LogP contribution in [-0.2, 0) is 14.3 Å². The van der Waals surface area contributed by atoms with Gasteiger partial charge in [-0.15, -0.1) is 0 Å². The van der Waals surface area contributed by atoms with Gasteiger partial charge in [0.15, 0.2) is 0 Å². The van der Waals surface area contributed by atoms with Gasteiger partial charge in [0, 0.05) is 18.6 Å². The Balaban J connectivity index is 2.36. The van der Waals surface area contributed by atoms with Crippen LogP contribution in [0.3, 0.4) is 0 Å². The van der Waals surface area contributed by atoms with E-state index < -0.39 is 5.60 Å². The summed E-state index contributed by atoms with van der Waals surface area (Å²) < 4.78 is 10.5. The summed E-state index contributed by atoms with van der Waals surface area (Å²) in [5.74, 6) is -0.0814. The second-order valence-corrected chi connectivity index (χ2v) is 5.08. The molecule has 1 fully saturated rings. The third-order valence-corrected chi connectivity index (χ3v) is 2.38. The first-order chi connectivity index (χ1) is 6.88. The second-order valence-electron chi connectivity index (χ2n) is 5.08. The van der Waals surface area contributed by atoms with Crippen molar-refractivity contribution in [2.45, 2.75) is 45.3 Å². The monoisotopic (exact) mass is 215 g/mol. The molecule has 0 aromatic heterocycles. The van der Waals surface area contributed by atoms with E-state index in [1.165, 1.54) is 0 Å². The Morgan fingerprint density at radius 3 is 2.73 bits per heavy atom. The van der Waals surface area contributed by atoms with Crippen molar-refractivity contribution in [2.75, 3.05) is 13.2 Å². The van der Waals surface area contributed by atoms with E-state index in [0.717, 1.165) is 6.42 Å². The molecule has 1 aliphatic heterocycles. The fourth-order valence-electron chi connectivity index (χ4n) is 1.62. The van der Waals surface area contributed by atoms with Gasteiger partial charge < -0.3 is 15.2 Å². The first-order valence-electron chi connectivity index (χ1n) is 5.43. The van der Waals surface area contributed by atoms with Crippen molar-refractivity contribution in [1.82, 2.24) is 0 Å². The molecule has 2 atom stereocenters. The number of carbonyl (C=O) groups excluding carboxylic acids is 1. The summed E-state index contributed by atoms with van der Waals surface area (Å²) in [4.78, 5) is 11.5. The maximum Gasteiger partial charge on any atom is 0.306 e. The predicted molar refractivity (Wildman–Crippen MR) is 57.4 cm³/mol. The highest BCUT2D eigenvalue weighted by Crippen LogP contribution is 2.18. The zero-order valence-corrected chi connectivity index (χ0v) is 9.79. The van der Waals surface area contributed by atoms with Gasteiger partial charge in [0.25, 0.3) is 0 Å². The average molecular weight is 215 g/mol. The molecule has 0 bridgehead atoms. The van der Waals surface area contributed by atoms with E-state index >= 15 is 0 Å². The highest BCUT2D eigenvalue weighted by Gasteiger charge is 2.27. The van der Waals surface area contributed by atoms with Crippen LogP contribution in [0.2, 0.25) is 0 Å². The van der Waals surface area contributed by atoms with Crippen LogP contribution in [-0.4, -0.2) is 30.8 Å². The number of rotatable bonds is 2. The predicted octanol–water partition coefficient (Wildman–Crippen LogP) is 1.08. The van der Waals surface area contributed by atoms with Crippen LogP contribution in [0.25, 0.3) is 0 Å². The summed E-state index contributed by atoms with van der Waals surface area (Å²) in [7, 11) is 0. The van der Waals surface area contributed by atoms with Gasteiger partial charge in [0.05, 0.1) is 13.0 Å². The Hall–Kier alpha value is -0.610. The quantitative estimate of drug-likeness (QED) is 0.700. The van der Waals surface area contributed by atoms with E-state index in [1.54, 1.807) is 0 Å². The van der Waals surface area contributed by atoms with Crippen LogP contribution in [0.5, 0.6) is 0 Å². The van der Waals surface area contributed by atoms with Crippen molar-refractivity contribution >= 4 is 5.97 Å². The average Bonchev–Trinajstić information content (AvgIpc) is 2.05. The molecule has 0 amide bonds. The minimum atomic E-state index is -0.420. The molecule has 15 heavy (non-hydrogen) atoms. The van der Waals surface area contributed by atoms with Gasteiger partial charge in [-0.05, 0) is 27.2 Å². The fourth-order valence-corrected chi connectivity index (χ4v) is 1.62. The van der Waals surface area contributed by atoms with Crippen molar-refractivity contribution < 1.29 is 14.3 Å². The zero-order valence-electron chi connectivity index (χ0n) is 9.79. The minimum Gasteiger partial charge on any atom is -0.460 e. The summed E-state index contributed by atoms with van der Waals surface area (Å²) in [5.41, 5.74) is 5.48. The number of hydrogen-bond acceptors (Lipinski definition) is 4. The molecule has 0 saturated carbocycles. The van der Waals surface area contributed by atoms with Crippen molar-refractivity contribution in [2.24, 2.45) is 11.7 Å². The standard InChI is InChI=1S/C11H21NO3/c1-11(2,3)15-10(13)6-8-7-14-5-4-9(8)12/h8-9H,4-7,12H2,1-3H3/t8-,9-/m0/s1. The molecule has 0 aliphatic carbocycles.